The van der Waals surface area contributed by atoms with Gasteiger partial charge in [0.1, 0.15) is 9.36 Å². The summed E-state index contributed by atoms with van der Waals surface area (Å²) in [6, 6.07) is 8.19. The van der Waals surface area contributed by atoms with Crippen LogP contribution in [0.15, 0.2) is 36.7 Å². The van der Waals surface area contributed by atoms with E-state index in [0.29, 0.717) is 5.92 Å². The van der Waals surface area contributed by atoms with E-state index in [1.54, 1.807) is 6.20 Å². The molecule has 2 aliphatic rings. The minimum absolute atomic E-state index is 0.263. The molecule has 0 spiro atoms. The van der Waals surface area contributed by atoms with E-state index in [-0.39, 0.29) is 3.55 Å². The third kappa shape index (κ3) is 2.74. The molecule has 0 N–H and O–H groups in total. The first-order chi connectivity index (χ1) is 13.0. The highest BCUT2D eigenvalue weighted by Gasteiger charge is 2.42. The van der Waals surface area contributed by atoms with Gasteiger partial charge in [0.05, 0.1) is 11.1 Å². The molecule has 1 fully saturated rings. The largest absolute Gasteiger partial charge is 0.340 e. The van der Waals surface area contributed by atoms with Gasteiger partial charge in [-0.15, -0.1) is 0 Å². The third-order valence-electron chi connectivity index (χ3n) is 5.56. The SMILES string of the molecule is CC1CCN(c2nc(N3Cc4cccnc4C3(C)I)c3cccnc3n2)C1. The number of alkyl halides is 1. The van der Waals surface area contributed by atoms with Crippen LogP contribution in [0.5, 0.6) is 0 Å². The fourth-order valence-electron chi connectivity index (χ4n) is 4.10. The molecule has 0 bridgehead atoms. The van der Waals surface area contributed by atoms with Crippen LogP contribution in [0.4, 0.5) is 11.8 Å². The van der Waals surface area contributed by atoms with Gasteiger partial charge in [0.25, 0.3) is 0 Å². The number of hydrogen-bond acceptors (Lipinski definition) is 6. The zero-order chi connectivity index (χ0) is 18.6. The molecule has 3 aromatic rings. The van der Waals surface area contributed by atoms with Gasteiger partial charge in [-0.25, -0.2) is 4.98 Å². The van der Waals surface area contributed by atoms with Crippen LogP contribution in [-0.2, 0) is 10.1 Å². The Hall–Kier alpha value is -2.03. The lowest BCUT2D eigenvalue weighted by atomic mass is 10.2. The monoisotopic (exact) mass is 472 g/mol. The second kappa shape index (κ2) is 6.25. The Bertz CT molecular complexity index is 1020. The van der Waals surface area contributed by atoms with Crippen molar-refractivity contribution >= 4 is 45.4 Å². The van der Waals surface area contributed by atoms with Gasteiger partial charge in [0, 0.05) is 32.0 Å². The summed E-state index contributed by atoms with van der Waals surface area (Å²) in [7, 11) is 0. The molecular formula is C20H21IN6. The number of anilines is 2. The highest BCUT2D eigenvalue weighted by Crippen LogP contribution is 2.46. The summed E-state index contributed by atoms with van der Waals surface area (Å²) >= 11 is 2.49. The lowest BCUT2D eigenvalue weighted by Crippen LogP contribution is -2.34. The molecule has 6 nitrogen and oxygen atoms in total. The second-order valence-corrected chi connectivity index (χ2v) is 9.71. The molecule has 1 saturated heterocycles. The van der Waals surface area contributed by atoms with Crippen molar-refractivity contribution in [3.05, 3.63) is 47.9 Å². The van der Waals surface area contributed by atoms with Crippen molar-refractivity contribution in [1.82, 2.24) is 19.9 Å². The Morgan fingerprint density at radius 1 is 1.15 bits per heavy atom. The summed E-state index contributed by atoms with van der Waals surface area (Å²) in [5.41, 5.74) is 3.12. The minimum atomic E-state index is -0.263. The van der Waals surface area contributed by atoms with Gasteiger partial charge in [0.2, 0.25) is 5.95 Å². The van der Waals surface area contributed by atoms with Crippen LogP contribution < -0.4 is 9.80 Å². The predicted molar refractivity (Wildman–Crippen MR) is 115 cm³/mol. The molecular weight excluding hydrogens is 451 g/mol. The number of nitrogens with zero attached hydrogens (tertiary/aromatic N) is 6. The van der Waals surface area contributed by atoms with Gasteiger partial charge in [0.15, 0.2) is 5.65 Å². The van der Waals surface area contributed by atoms with Crippen LogP contribution in [0.1, 0.15) is 31.5 Å². The molecule has 138 valence electrons. The maximum Gasteiger partial charge on any atom is 0.229 e. The summed E-state index contributed by atoms with van der Waals surface area (Å²) in [5.74, 6) is 2.40. The molecule has 0 aromatic carbocycles. The molecule has 3 aromatic heterocycles. The molecule has 5 heterocycles. The van der Waals surface area contributed by atoms with E-state index in [1.165, 1.54) is 12.0 Å². The zero-order valence-corrected chi connectivity index (χ0v) is 17.6. The van der Waals surface area contributed by atoms with E-state index >= 15 is 0 Å². The number of fused-ring (bicyclic) bond motifs is 2. The first-order valence-electron chi connectivity index (χ1n) is 9.32. The van der Waals surface area contributed by atoms with E-state index in [0.717, 1.165) is 48.1 Å². The smallest absolute Gasteiger partial charge is 0.229 e. The molecule has 7 heteroatoms. The fourth-order valence-corrected chi connectivity index (χ4v) is 4.98. The van der Waals surface area contributed by atoms with Crippen LogP contribution in [0.3, 0.4) is 0 Å². The molecule has 27 heavy (non-hydrogen) atoms. The summed E-state index contributed by atoms with van der Waals surface area (Å²) < 4.78 is -0.263. The highest BCUT2D eigenvalue weighted by atomic mass is 127. The lowest BCUT2D eigenvalue weighted by molar-refractivity contribution is 0.657. The maximum absolute atomic E-state index is 5.05. The quantitative estimate of drug-likeness (QED) is 0.321. The average molecular weight is 472 g/mol. The van der Waals surface area contributed by atoms with Crippen molar-refractivity contribution < 1.29 is 0 Å². The molecule has 0 saturated carbocycles. The number of hydrogen-bond donors (Lipinski definition) is 0. The highest BCUT2D eigenvalue weighted by molar-refractivity contribution is 14.1. The first kappa shape index (κ1) is 17.1. The van der Waals surface area contributed by atoms with E-state index in [4.69, 9.17) is 9.97 Å². The number of aromatic nitrogens is 4. The fraction of sp³-hybridized carbons (Fsp3) is 0.400. The van der Waals surface area contributed by atoms with E-state index in [2.05, 4.69) is 68.3 Å². The summed E-state index contributed by atoms with van der Waals surface area (Å²) in [4.78, 5) is 23.6. The topological polar surface area (TPSA) is 58.0 Å². The number of rotatable bonds is 2. The Labute approximate surface area is 172 Å². The van der Waals surface area contributed by atoms with Crippen molar-refractivity contribution in [3.63, 3.8) is 0 Å². The van der Waals surface area contributed by atoms with Crippen LogP contribution in [0.25, 0.3) is 11.0 Å². The van der Waals surface area contributed by atoms with Gasteiger partial charge in [-0.1, -0.05) is 13.0 Å². The average Bonchev–Trinajstić information content (AvgIpc) is 3.22. The van der Waals surface area contributed by atoms with Gasteiger partial charge in [-0.3, -0.25) is 4.98 Å². The van der Waals surface area contributed by atoms with Gasteiger partial charge in [-0.05, 0) is 65.6 Å². The minimum Gasteiger partial charge on any atom is -0.340 e. The molecule has 5 rings (SSSR count). The molecule has 0 aliphatic carbocycles. The summed E-state index contributed by atoms with van der Waals surface area (Å²) in [6.07, 6.45) is 4.86. The molecule has 2 aliphatic heterocycles. The van der Waals surface area contributed by atoms with Gasteiger partial charge < -0.3 is 9.80 Å². The number of pyridine rings is 2. The zero-order valence-electron chi connectivity index (χ0n) is 15.4. The lowest BCUT2D eigenvalue weighted by Gasteiger charge is -2.32. The first-order valence-corrected chi connectivity index (χ1v) is 10.4. The maximum atomic E-state index is 5.05. The Morgan fingerprint density at radius 3 is 2.74 bits per heavy atom. The Kier molecular flexibility index (Phi) is 3.96. The van der Waals surface area contributed by atoms with Gasteiger partial charge in [-0.2, -0.15) is 9.97 Å². The molecule has 2 unspecified atom stereocenters. The normalized spacial score (nSPS) is 24.6. The van der Waals surface area contributed by atoms with Crippen molar-refractivity contribution in [3.8, 4) is 0 Å². The van der Waals surface area contributed by atoms with Crippen LogP contribution in [0, 0.1) is 5.92 Å². The van der Waals surface area contributed by atoms with Crippen LogP contribution in [-0.4, -0.2) is 33.0 Å². The molecule has 0 radical (unpaired) electrons. The van der Waals surface area contributed by atoms with Crippen molar-refractivity contribution in [2.45, 2.75) is 30.4 Å². The van der Waals surface area contributed by atoms with Crippen LogP contribution in [0.2, 0.25) is 0 Å². The predicted octanol–water partition coefficient (Wildman–Crippen LogP) is 3.89. The van der Waals surface area contributed by atoms with Crippen molar-refractivity contribution in [1.29, 1.82) is 0 Å². The van der Waals surface area contributed by atoms with Crippen LogP contribution >= 0.6 is 22.6 Å². The Balaban J connectivity index is 1.67. The van der Waals surface area contributed by atoms with E-state index in [9.17, 15) is 0 Å². The van der Waals surface area contributed by atoms with E-state index < -0.39 is 0 Å². The molecule has 2 atom stereocenters. The van der Waals surface area contributed by atoms with E-state index in [1.807, 2.05) is 18.3 Å². The Morgan fingerprint density at radius 2 is 1.96 bits per heavy atom. The number of halogens is 1. The standard InChI is InChI=1S/C20H21IN6/c1-13-7-10-26(11-13)19-24-17-15(6-4-9-23-17)18(25-19)27-12-14-5-3-8-22-16(14)20(27,2)21/h3-6,8-9,13H,7,10-12H2,1-2H3. The second-order valence-electron chi connectivity index (χ2n) is 7.61. The third-order valence-corrected chi connectivity index (χ3v) is 6.65. The van der Waals surface area contributed by atoms with Crippen molar-refractivity contribution in [2.24, 2.45) is 5.92 Å². The van der Waals surface area contributed by atoms with Gasteiger partial charge >= 0.3 is 0 Å². The summed E-state index contributed by atoms with van der Waals surface area (Å²) in [6.45, 7) is 7.28. The summed E-state index contributed by atoms with van der Waals surface area (Å²) in [5, 5.41) is 0.990. The molecule has 0 amide bonds. The van der Waals surface area contributed by atoms with Crippen molar-refractivity contribution in [2.75, 3.05) is 22.9 Å².